The first-order chi connectivity index (χ1) is 9.60. The molecule has 1 aromatic heterocycles. The summed E-state index contributed by atoms with van der Waals surface area (Å²) < 4.78 is 4.81. The molecule has 2 rings (SSSR count). The summed E-state index contributed by atoms with van der Waals surface area (Å²) in [6, 6.07) is 0. The van der Waals surface area contributed by atoms with Gasteiger partial charge in [-0.2, -0.15) is 0 Å². The molecule has 1 aliphatic heterocycles. The summed E-state index contributed by atoms with van der Waals surface area (Å²) in [5, 5.41) is 0. The zero-order chi connectivity index (χ0) is 14.7. The maximum atomic E-state index is 12.6. The summed E-state index contributed by atoms with van der Waals surface area (Å²) in [5.74, 6) is -0.389. The summed E-state index contributed by atoms with van der Waals surface area (Å²) in [4.78, 5) is 29.4. The van der Waals surface area contributed by atoms with Gasteiger partial charge in [-0.3, -0.25) is 4.79 Å². The van der Waals surface area contributed by atoms with E-state index in [-0.39, 0.29) is 11.9 Å². The first-order valence-corrected chi connectivity index (χ1v) is 7.19. The molecule has 0 aliphatic carbocycles. The zero-order valence-electron chi connectivity index (χ0n) is 12.4. The number of carbonyl (C=O) groups is 2. The van der Waals surface area contributed by atoms with Crippen LogP contribution in [0.1, 0.15) is 58.3 Å². The number of hydrogen-bond acceptors (Lipinski definition) is 3. The number of likely N-dealkylation sites (tertiary alicyclic amines) is 1. The van der Waals surface area contributed by atoms with E-state index in [1.807, 2.05) is 11.8 Å². The normalized spacial score (nSPS) is 15.2. The number of aromatic nitrogens is 1. The Morgan fingerprint density at radius 3 is 2.45 bits per heavy atom. The smallest absolute Gasteiger partial charge is 0.339 e. The van der Waals surface area contributed by atoms with E-state index in [1.54, 1.807) is 6.92 Å². The standard InChI is InChI=1S/C15H22N2O3/c1-4-11-12(15(19)20-3)10(2)13(16-11)14(18)17-8-6-5-7-9-17/h16H,4-9H2,1-3H3. The second-order valence-corrected chi connectivity index (χ2v) is 5.18. The number of rotatable bonds is 3. The number of esters is 1. The Kier molecular flexibility index (Phi) is 4.47. The SMILES string of the molecule is CCc1[nH]c(C(=O)N2CCCCC2)c(C)c1C(=O)OC. The number of piperidine rings is 1. The number of amides is 1. The molecule has 0 atom stereocenters. The molecule has 1 N–H and O–H groups in total. The topological polar surface area (TPSA) is 62.4 Å². The number of H-pyrrole nitrogens is 1. The van der Waals surface area contributed by atoms with E-state index in [9.17, 15) is 9.59 Å². The first kappa shape index (κ1) is 14.6. The van der Waals surface area contributed by atoms with Crippen LogP contribution in [-0.2, 0) is 11.2 Å². The van der Waals surface area contributed by atoms with Crippen LogP contribution in [0, 0.1) is 6.92 Å². The van der Waals surface area contributed by atoms with Crippen molar-refractivity contribution >= 4 is 11.9 Å². The van der Waals surface area contributed by atoms with Gasteiger partial charge in [0, 0.05) is 18.8 Å². The number of aromatic amines is 1. The molecule has 0 aromatic carbocycles. The lowest BCUT2D eigenvalue weighted by Crippen LogP contribution is -2.36. The Morgan fingerprint density at radius 2 is 1.90 bits per heavy atom. The van der Waals surface area contributed by atoms with E-state index in [2.05, 4.69) is 4.98 Å². The highest BCUT2D eigenvalue weighted by molar-refractivity contribution is 6.00. The molecule has 1 saturated heterocycles. The summed E-state index contributed by atoms with van der Waals surface area (Å²) in [5.41, 5.74) is 2.51. The van der Waals surface area contributed by atoms with Gasteiger partial charge >= 0.3 is 5.97 Å². The largest absolute Gasteiger partial charge is 0.465 e. The quantitative estimate of drug-likeness (QED) is 0.863. The molecule has 1 fully saturated rings. The lowest BCUT2D eigenvalue weighted by Gasteiger charge is -2.26. The van der Waals surface area contributed by atoms with Crippen molar-refractivity contribution < 1.29 is 14.3 Å². The maximum Gasteiger partial charge on any atom is 0.339 e. The molecule has 0 unspecified atom stereocenters. The minimum absolute atomic E-state index is 0.00736. The number of nitrogens with zero attached hydrogens (tertiary/aromatic N) is 1. The monoisotopic (exact) mass is 278 g/mol. The maximum absolute atomic E-state index is 12.6. The van der Waals surface area contributed by atoms with Crippen molar-refractivity contribution in [2.75, 3.05) is 20.2 Å². The predicted octanol–water partition coefficient (Wildman–Crippen LogP) is 2.30. The number of hydrogen-bond donors (Lipinski definition) is 1. The Hall–Kier alpha value is -1.78. The van der Waals surface area contributed by atoms with Crippen molar-refractivity contribution in [1.82, 2.24) is 9.88 Å². The lowest BCUT2D eigenvalue weighted by molar-refractivity contribution is 0.0599. The third-order valence-electron chi connectivity index (χ3n) is 3.93. The van der Waals surface area contributed by atoms with E-state index in [1.165, 1.54) is 13.5 Å². The van der Waals surface area contributed by atoms with Crippen LogP contribution in [0.5, 0.6) is 0 Å². The third-order valence-corrected chi connectivity index (χ3v) is 3.93. The van der Waals surface area contributed by atoms with Gasteiger partial charge in [0.2, 0.25) is 0 Å². The lowest BCUT2D eigenvalue weighted by atomic mass is 10.1. The minimum atomic E-state index is -0.381. The fourth-order valence-electron chi connectivity index (χ4n) is 2.77. The van der Waals surface area contributed by atoms with E-state index in [4.69, 9.17) is 4.74 Å². The summed E-state index contributed by atoms with van der Waals surface area (Å²) in [7, 11) is 1.36. The van der Waals surface area contributed by atoms with Crippen LogP contribution in [0.4, 0.5) is 0 Å². The highest BCUT2D eigenvalue weighted by Gasteiger charge is 2.27. The second kappa shape index (κ2) is 6.11. The van der Waals surface area contributed by atoms with Crippen molar-refractivity contribution in [3.8, 4) is 0 Å². The van der Waals surface area contributed by atoms with Crippen molar-refractivity contribution in [1.29, 1.82) is 0 Å². The van der Waals surface area contributed by atoms with Gasteiger partial charge in [0.05, 0.1) is 12.7 Å². The number of carbonyl (C=O) groups excluding carboxylic acids is 2. The molecule has 1 amide bonds. The van der Waals surface area contributed by atoms with E-state index in [0.29, 0.717) is 23.2 Å². The highest BCUT2D eigenvalue weighted by Crippen LogP contribution is 2.22. The summed E-state index contributed by atoms with van der Waals surface area (Å²) in [6.45, 7) is 5.35. The Morgan fingerprint density at radius 1 is 1.25 bits per heavy atom. The Labute approximate surface area is 119 Å². The Balaban J connectivity index is 2.34. The second-order valence-electron chi connectivity index (χ2n) is 5.18. The van der Waals surface area contributed by atoms with Gasteiger partial charge in [-0.05, 0) is 38.2 Å². The predicted molar refractivity (Wildman–Crippen MR) is 76.0 cm³/mol. The van der Waals surface area contributed by atoms with E-state index < -0.39 is 0 Å². The highest BCUT2D eigenvalue weighted by atomic mass is 16.5. The Bertz CT molecular complexity index is 513. The van der Waals surface area contributed by atoms with Gasteiger partial charge in [-0.15, -0.1) is 0 Å². The molecule has 5 heteroatoms. The molecule has 0 spiro atoms. The van der Waals surface area contributed by atoms with E-state index >= 15 is 0 Å². The van der Waals surface area contributed by atoms with Crippen LogP contribution >= 0.6 is 0 Å². The number of methoxy groups -OCH3 is 1. The average Bonchev–Trinajstić information content (AvgIpc) is 2.83. The number of ether oxygens (including phenoxy) is 1. The van der Waals surface area contributed by atoms with Crippen molar-refractivity contribution in [3.05, 3.63) is 22.5 Å². The van der Waals surface area contributed by atoms with Gasteiger partial charge < -0.3 is 14.6 Å². The van der Waals surface area contributed by atoms with Crippen LogP contribution in [0.15, 0.2) is 0 Å². The van der Waals surface area contributed by atoms with Gasteiger partial charge in [0.1, 0.15) is 5.69 Å². The van der Waals surface area contributed by atoms with Gasteiger partial charge in [0.25, 0.3) is 5.91 Å². The third kappa shape index (κ3) is 2.57. The number of nitrogens with one attached hydrogen (secondary N) is 1. The van der Waals surface area contributed by atoms with Crippen molar-refractivity contribution in [2.24, 2.45) is 0 Å². The molecule has 2 heterocycles. The molecule has 0 radical (unpaired) electrons. The van der Waals surface area contributed by atoms with Gasteiger partial charge in [-0.25, -0.2) is 4.79 Å². The average molecular weight is 278 g/mol. The fourth-order valence-corrected chi connectivity index (χ4v) is 2.77. The zero-order valence-corrected chi connectivity index (χ0v) is 12.4. The summed E-state index contributed by atoms with van der Waals surface area (Å²) in [6.07, 6.45) is 3.95. The molecule has 110 valence electrons. The van der Waals surface area contributed by atoms with Crippen LogP contribution < -0.4 is 0 Å². The summed E-state index contributed by atoms with van der Waals surface area (Å²) >= 11 is 0. The van der Waals surface area contributed by atoms with Gasteiger partial charge in [0.15, 0.2) is 0 Å². The molecule has 20 heavy (non-hydrogen) atoms. The molecule has 1 aromatic rings. The number of aryl methyl sites for hydroxylation is 1. The van der Waals surface area contributed by atoms with Crippen LogP contribution in [0.2, 0.25) is 0 Å². The molecule has 5 nitrogen and oxygen atoms in total. The van der Waals surface area contributed by atoms with Crippen LogP contribution in [-0.4, -0.2) is 42.0 Å². The van der Waals surface area contributed by atoms with Gasteiger partial charge in [-0.1, -0.05) is 6.92 Å². The fraction of sp³-hybridized carbons (Fsp3) is 0.600. The molecule has 1 aliphatic rings. The van der Waals surface area contributed by atoms with Crippen LogP contribution in [0.3, 0.4) is 0 Å². The van der Waals surface area contributed by atoms with Crippen LogP contribution in [0.25, 0.3) is 0 Å². The first-order valence-electron chi connectivity index (χ1n) is 7.19. The van der Waals surface area contributed by atoms with Crippen molar-refractivity contribution in [3.63, 3.8) is 0 Å². The minimum Gasteiger partial charge on any atom is -0.465 e. The molecular weight excluding hydrogens is 256 g/mol. The van der Waals surface area contributed by atoms with E-state index in [0.717, 1.165) is 31.6 Å². The van der Waals surface area contributed by atoms with Crippen molar-refractivity contribution in [2.45, 2.75) is 39.5 Å². The molecular formula is C15H22N2O3. The molecule has 0 bridgehead atoms. The molecule has 0 saturated carbocycles.